The fourth-order valence-electron chi connectivity index (χ4n) is 2.47. The molecule has 0 amide bonds. The van der Waals surface area contributed by atoms with Crippen molar-refractivity contribution in [3.05, 3.63) is 29.9 Å². The number of hydrogen-bond donors (Lipinski definition) is 1. The van der Waals surface area contributed by atoms with Crippen molar-refractivity contribution in [2.45, 2.75) is 19.5 Å². The highest BCUT2D eigenvalue weighted by Crippen LogP contribution is 2.22. The van der Waals surface area contributed by atoms with Crippen LogP contribution in [-0.2, 0) is 13.6 Å². The number of piperazine rings is 1. The molecule has 2 aromatic heterocycles. The van der Waals surface area contributed by atoms with Crippen LogP contribution in [0.25, 0.3) is 0 Å². The largest absolute Gasteiger partial charge is 0.338 e. The highest BCUT2D eigenvalue weighted by Gasteiger charge is 2.27. The first-order valence-corrected chi connectivity index (χ1v) is 6.45. The molecule has 2 aromatic rings. The quantitative estimate of drug-likeness (QED) is 0.855. The molecular weight excluding hydrogens is 244 g/mol. The van der Waals surface area contributed by atoms with E-state index in [-0.39, 0.29) is 6.04 Å². The Morgan fingerprint density at radius 1 is 1.53 bits per heavy atom. The van der Waals surface area contributed by atoms with Crippen molar-refractivity contribution in [1.82, 2.24) is 29.9 Å². The molecule has 0 spiro atoms. The zero-order valence-electron chi connectivity index (χ0n) is 11.2. The first-order valence-electron chi connectivity index (χ1n) is 6.45. The van der Waals surface area contributed by atoms with Gasteiger partial charge in [-0.25, -0.2) is 4.98 Å². The highest BCUT2D eigenvalue weighted by molar-refractivity contribution is 5.02. The maximum absolute atomic E-state index is 5.21. The summed E-state index contributed by atoms with van der Waals surface area (Å²) < 4.78 is 7.27. The van der Waals surface area contributed by atoms with Crippen LogP contribution in [0.15, 0.2) is 16.9 Å². The summed E-state index contributed by atoms with van der Waals surface area (Å²) in [6.45, 7) is 5.30. The lowest BCUT2D eigenvalue weighted by Crippen LogP contribution is -2.46. The van der Waals surface area contributed by atoms with Crippen LogP contribution >= 0.6 is 0 Å². The lowest BCUT2D eigenvalue weighted by atomic mass is 10.1. The van der Waals surface area contributed by atoms with Crippen molar-refractivity contribution in [1.29, 1.82) is 0 Å². The van der Waals surface area contributed by atoms with Crippen molar-refractivity contribution >= 4 is 0 Å². The zero-order valence-corrected chi connectivity index (χ0v) is 11.2. The molecule has 1 fully saturated rings. The molecule has 7 nitrogen and oxygen atoms in total. The van der Waals surface area contributed by atoms with Crippen LogP contribution in [0.5, 0.6) is 0 Å². The molecule has 0 radical (unpaired) electrons. The van der Waals surface area contributed by atoms with Crippen LogP contribution in [0.2, 0.25) is 0 Å². The molecule has 1 N–H and O–H groups in total. The summed E-state index contributed by atoms with van der Waals surface area (Å²) in [6.07, 6.45) is 3.80. The Morgan fingerprint density at radius 3 is 3.11 bits per heavy atom. The van der Waals surface area contributed by atoms with Gasteiger partial charge in [-0.1, -0.05) is 5.16 Å². The second-order valence-electron chi connectivity index (χ2n) is 4.82. The number of hydrogen-bond acceptors (Lipinski definition) is 6. The number of nitrogens with one attached hydrogen (secondary N) is 1. The Labute approximate surface area is 111 Å². The molecule has 7 heteroatoms. The molecule has 1 saturated heterocycles. The molecule has 1 unspecified atom stereocenters. The highest BCUT2D eigenvalue weighted by atomic mass is 16.5. The van der Waals surface area contributed by atoms with Crippen LogP contribution < -0.4 is 5.32 Å². The molecule has 1 aliphatic heterocycles. The number of nitrogens with zero attached hydrogens (tertiary/aromatic N) is 5. The van der Waals surface area contributed by atoms with Gasteiger partial charge in [0.15, 0.2) is 5.82 Å². The van der Waals surface area contributed by atoms with Gasteiger partial charge in [0, 0.05) is 39.1 Å². The van der Waals surface area contributed by atoms with Crippen LogP contribution in [-0.4, -0.2) is 44.2 Å². The Balaban J connectivity index is 1.79. The number of imidazole rings is 1. The van der Waals surface area contributed by atoms with Gasteiger partial charge in [0.05, 0.1) is 12.6 Å². The Kier molecular flexibility index (Phi) is 3.31. The first-order chi connectivity index (χ1) is 9.24. The fraction of sp³-hybridized carbons (Fsp3) is 0.583. The summed E-state index contributed by atoms with van der Waals surface area (Å²) in [4.78, 5) is 11.1. The van der Waals surface area contributed by atoms with E-state index in [0.717, 1.165) is 25.5 Å². The summed E-state index contributed by atoms with van der Waals surface area (Å²) in [5.41, 5.74) is 0. The lowest BCUT2D eigenvalue weighted by molar-refractivity contribution is 0.128. The van der Waals surface area contributed by atoms with Crippen molar-refractivity contribution in [3.8, 4) is 0 Å². The van der Waals surface area contributed by atoms with E-state index in [9.17, 15) is 0 Å². The molecular formula is C12H18N6O. The molecule has 1 aliphatic rings. The molecule has 19 heavy (non-hydrogen) atoms. The predicted octanol–water partition coefficient (Wildman–Crippen LogP) is 0.258. The summed E-state index contributed by atoms with van der Waals surface area (Å²) in [5, 5.41) is 7.25. The molecule has 3 rings (SSSR count). The standard InChI is InChI=1S/C12H18N6O/c1-9-15-11(19-16-9)8-18-6-3-13-7-10(18)12-14-4-5-17(12)2/h4-5,10,13H,3,6-8H2,1-2H3. The second-order valence-corrected chi connectivity index (χ2v) is 4.82. The summed E-state index contributed by atoms with van der Waals surface area (Å²) in [5.74, 6) is 2.40. The normalized spacial score (nSPS) is 20.8. The smallest absolute Gasteiger partial charge is 0.240 e. The fourth-order valence-corrected chi connectivity index (χ4v) is 2.47. The Morgan fingerprint density at radius 2 is 2.42 bits per heavy atom. The van der Waals surface area contributed by atoms with Gasteiger partial charge in [-0.05, 0) is 6.92 Å². The molecule has 1 atom stereocenters. The third-order valence-corrected chi connectivity index (χ3v) is 3.42. The van der Waals surface area contributed by atoms with Crippen LogP contribution in [0.3, 0.4) is 0 Å². The van der Waals surface area contributed by atoms with E-state index < -0.39 is 0 Å². The predicted molar refractivity (Wildman–Crippen MR) is 68.3 cm³/mol. The van der Waals surface area contributed by atoms with Gasteiger partial charge in [-0.2, -0.15) is 4.98 Å². The summed E-state index contributed by atoms with van der Waals surface area (Å²) in [7, 11) is 2.02. The van der Waals surface area contributed by atoms with Crippen molar-refractivity contribution in [2.75, 3.05) is 19.6 Å². The Bertz CT molecular complexity index is 548. The minimum atomic E-state index is 0.237. The molecule has 3 heterocycles. The van der Waals surface area contributed by atoms with Crippen LogP contribution in [0.4, 0.5) is 0 Å². The first kappa shape index (κ1) is 12.3. The zero-order chi connectivity index (χ0) is 13.2. The molecule has 102 valence electrons. The van der Waals surface area contributed by atoms with Crippen molar-refractivity contribution < 1.29 is 4.52 Å². The van der Waals surface area contributed by atoms with Gasteiger partial charge in [-0.15, -0.1) is 0 Å². The SMILES string of the molecule is Cc1noc(CN2CCNCC2c2nccn2C)n1. The average Bonchev–Trinajstić information content (AvgIpc) is 2.99. The summed E-state index contributed by atoms with van der Waals surface area (Å²) >= 11 is 0. The summed E-state index contributed by atoms with van der Waals surface area (Å²) in [6, 6.07) is 0.237. The van der Waals surface area contributed by atoms with Crippen LogP contribution in [0.1, 0.15) is 23.6 Å². The molecule has 0 aromatic carbocycles. The third kappa shape index (κ3) is 2.52. The van der Waals surface area contributed by atoms with Gasteiger partial charge >= 0.3 is 0 Å². The van der Waals surface area contributed by atoms with E-state index in [2.05, 4.69) is 29.9 Å². The van der Waals surface area contributed by atoms with E-state index in [0.29, 0.717) is 18.3 Å². The number of rotatable bonds is 3. The molecule has 0 bridgehead atoms. The molecule has 0 saturated carbocycles. The number of aromatic nitrogens is 4. The van der Waals surface area contributed by atoms with Gasteiger partial charge in [0.2, 0.25) is 5.89 Å². The van der Waals surface area contributed by atoms with E-state index in [1.807, 2.05) is 26.4 Å². The monoisotopic (exact) mass is 262 g/mol. The van der Waals surface area contributed by atoms with Crippen molar-refractivity contribution in [2.24, 2.45) is 7.05 Å². The van der Waals surface area contributed by atoms with Gasteiger partial charge in [-0.3, -0.25) is 4.90 Å². The molecule has 0 aliphatic carbocycles. The average molecular weight is 262 g/mol. The van der Waals surface area contributed by atoms with Crippen LogP contribution in [0, 0.1) is 6.92 Å². The van der Waals surface area contributed by atoms with Gasteiger partial charge in [0.25, 0.3) is 0 Å². The Hall–Kier alpha value is -1.73. The maximum Gasteiger partial charge on any atom is 0.240 e. The van der Waals surface area contributed by atoms with E-state index in [1.165, 1.54) is 0 Å². The maximum atomic E-state index is 5.21. The van der Waals surface area contributed by atoms with E-state index in [4.69, 9.17) is 4.52 Å². The topological polar surface area (TPSA) is 72.0 Å². The van der Waals surface area contributed by atoms with Crippen molar-refractivity contribution in [3.63, 3.8) is 0 Å². The lowest BCUT2D eigenvalue weighted by Gasteiger charge is -2.34. The number of aryl methyl sites for hydroxylation is 2. The minimum Gasteiger partial charge on any atom is -0.338 e. The van der Waals surface area contributed by atoms with Gasteiger partial charge in [0.1, 0.15) is 5.82 Å². The minimum absolute atomic E-state index is 0.237. The third-order valence-electron chi connectivity index (χ3n) is 3.42. The van der Waals surface area contributed by atoms with Gasteiger partial charge < -0.3 is 14.4 Å². The van der Waals surface area contributed by atoms with E-state index in [1.54, 1.807) is 0 Å². The van der Waals surface area contributed by atoms with E-state index >= 15 is 0 Å². The second kappa shape index (κ2) is 5.10.